The molecule has 0 saturated carbocycles. The summed E-state index contributed by atoms with van der Waals surface area (Å²) in [4.78, 5) is 27.7. The van der Waals surface area contributed by atoms with Crippen molar-refractivity contribution < 1.29 is 23.5 Å². The van der Waals surface area contributed by atoms with E-state index in [1.54, 1.807) is 12.1 Å². The lowest BCUT2D eigenvalue weighted by molar-refractivity contribution is -0.133. The second kappa shape index (κ2) is 6.09. The predicted octanol–water partition coefficient (Wildman–Crippen LogP) is 1.35. The van der Waals surface area contributed by atoms with Crippen LogP contribution in [0.5, 0.6) is 0 Å². The largest absolute Gasteiger partial charge is 0.394 e. The van der Waals surface area contributed by atoms with Crippen LogP contribution in [0.3, 0.4) is 0 Å². The fourth-order valence-corrected chi connectivity index (χ4v) is 3.84. The molecule has 5 nitrogen and oxygen atoms in total. The standard InChI is InChI=1S/C15H16F2N2O3S/c16-15(17)5-10(7-20)19(9-15)13(21)6-18-11-3-1-2-4-12(11)23-8-14(18)22/h1-4,10,20H,5-9H2. The number of aliphatic hydroxyl groups is 1. The minimum Gasteiger partial charge on any atom is -0.394 e. The van der Waals surface area contributed by atoms with Crippen LogP contribution in [-0.2, 0) is 9.59 Å². The molecule has 1 saturated heterocycles. The molecule has 0 aliphatic carbocycles. The lowest BCUT2D eigenvalue weighted by Gasteiger charge is -2.31. The number of halogens is 2. The summed E-state index contributed by atoms with van der Waals surface area (Å²) in [5.41, 5.74) is 0.619. The van der Waals surface area contributed by atoms with Crippen LogP contribution in [0.15, 0.2) is 29.2 Å². The van der Waals surface area contributed by atoms with Crippen molar-refractivity contribution in [3.63, 3.8) is 0 Å². The number of anilines is 1. The van der Waals surface area contributed by atoms with Crippen LogP contribution in [0.4, 0.5) is 14.5 Å². The fraction of sp³-hybridized carbons (Fsp3) is 0.467. The molecule has 1 aromatic carbocycles. The smallest absolute Gasteiger partial charge is 0.267 e. The number of benzene rings is 1. The van der Waals surface area contributed by atoms with Crippen molar-refractivity contribution in [2.24, 2.45) is 0 Å². The Morgan fingerprint density at radius 2 is 2.13 bits per heavy atom. The van der Waals surface area contributed by atoms with Crippen LogP contribution in [0, 0.1) is 0 Å². The number of nitrogens with zero attached hydrogens (tertiary/aromatic N) is 2. The second-order valence-electron chi connectivity index (χ2n) is 5.65. The molecule has 2 aliphatic heterocycles. The van der Waals surface area contributed by atoms with Crippen LogP contribution < -0.4 is 4.90 Å². The van der Waals surface area contributed by atoms with E-state index in [1.165, 1.54) is 16.7 Å². The van der Waals surface area contributed by atoms with E-state index in [9.17, 15) is 23.5 Å². The van der Waals surface area contributed by atoms with Crippen molar-refractivity contribution in [3.05, 3.63) is 24.3 Å². The summed E-state index contributed by atoms with van der Waals surface area (Å²) in [5.74, 6) is -3.59. The molecule has 0 spiro atoms. The number of fused-ring (bicyclic) bond motifs is 1. The van der Waals surface area contributed by atoms with Crippen molar-refractivity contribution in [1.29, 1.82) is 0 Å². The number of alkyl halides is 2. The monoisotopic (exact) mass is 342 g/mol. The summed E-state index contributed by atoms with van der Waals surface area (Å²) in [6, 6.07) is 6.28. The molecule has 23 heavy (non-hydrogen) atoms. The number of hydrogen-bond acceptors (Lipinski definition) is 4. The minimum atomic E-state index is -3.00. The number of carbonyl (C=O) groups is 2. The van der Waals surface area contributed by atoms with Gasteiger partial charge in [0.1, 0.15) is 6.54 Å². The van der Waals surface area contributed by atoms with Gasteiger partial charge >= 0.3 is 0 Å². The Morgan fingerprint density at radius 1 is 1.39 bits per heavy atom. The van der Waals surface area contributed by atoms with E-state index >= 15 is 0 Å². The van der Waals surface area contributed by atoms with Gasteiger partial charge in [0.25, 0.3) is 5.92 Å². The lowest BCUT2D eigenvalue weighted by Crippen LogP contribution is -2.47. The van der Waals surface area contributed by atoms with Gasteiger partial charge in [-0.3, -0.25) is 9.59 Å². The zero-order chi connectivity index (χ0) is 16.6. The second-order valence-corrected chi connectivity index (χ2v) is 6.67. The Labute approximate surface area is 136 Å². The number of thioether (sulfide) groups is 1. The summed E-state index contributed by atoms with van der Waals surface area (Å²) in [6.07, 6.45) is -0.546. The first-order chi connectivity index (χ1) is 10.9. The molecular formula is C15H16F2N2O3S. The predicted molar refractivity (Wildman–Crippen MR) is 81.7 cm³/mol. The van der Waals surface area contributed by atoms with Gasteiger partial charge in [0.2, 0.25) is 11.8 Å². The molecule has 2 amide bonds. The summed E-state index contributed by atoms with van der Waals surface area (Å²) < 4.78 is 27.0. The topological polar surface area (TPSA) is 60.9 Å². The van der Waals surface area contributed by atoms with Crippen molar-refractivity contribution in [2.45, 2.75) is 23.3 Å². The third-order valence-electron chi connectivity index (χ3n) is 4.01. The van der Waals surface area contributed by atoms with E-state index in [4.69, 9.17) is 0 Å². The average molecular weight is 342 g/mol. The molecule has 1 aromatic rings. The SMILES string of the molecule is O=C1CSc2ccccc2N1CC(=O)N1CC(F)(F)CC1CO. The maximum absolute atomic E-state index is 13.5. The van der Waals surface area contributed by atoms with Gasteiger partial charge in [-0.1, -0.05) is 12.1 Å². The van der Waals surface area contributed by atoms with Crippen molar-refractivity contribution in [2.75, 3.05) is 30.3 Å². The Hall–Kier alpha value is -1.67. The highest BCUT2D eigenvalue weighted by Crippen LogP contribution is 2.36. The third-order valence-corrected chi connectivity index (χ3v) is 5.06. The van der Waals surface area contributed by atoms with Crippen LogP contribution in [0.25, 0.3) is 0 Å². The van der Waals surface area contributed by atoms with Crippen molar-refractivity contribution in [1.82, 2.24) is 4.90 Å². The highest BCUT2D eigenvalue weighted by molar-refractivity contribution is 8.00. The number of aliphatic hydroxyl groups excluding tert-OH is 1. The number of carbonyl (C=O) groups excluding carboxylic acids is 2. The summed E-state index contributed by atoms with van der Waals surface area (Å²) in [7, 11) is 0. The van der Waals surface area contributed by atoms with Crippen LogP contribution >= 0.6 is 11.8 Å². The maximum atomic E-state index is 13.5. The molecular weight excluding hydrogens is 326 g/mol. The van der Waals surface area contributed by atoms with Gasteiger partial charge in [0.15, 0.2) is 0 Å². The van der Waals surface area contributed by atoms with Crippen LogP contribution in [-0.4, -0.2) is 59.2 Å². The van der Waals surface area contributed by atoms with Gasteiger partial charge in [-0.05, 0) is 12.1 Å². The molecule has 0 aromatic heterocycles. The molecule has 0 radical (unpaired) electrons. The Kier molecular flexibility index (Phi) is 4.29. The molecule has 3 rings (SSSR count). The summed E-state index contributed by atoms with van der Waals surface area (Å²) in [6.45, 7) is -1.51. The molecule has 2 heterocycles. The number of hydrogen-bond donors (Lipinski definition) is 1. The normalized spacial score (nSPS) is 23.1. The minimum absolute atomic E-state index is 0.212. The van der Waals surface area contributed by atoms with Crippen molar-refractivity contribution in [3.8, 4) is 0 Å². The van der Waals surface area contributed by atoms with Gasteiger partial charge in [0, 0.05) is 11.3 Å². The first-order valence-corrected chi connectivity index (χ1v) is 8.20. The Bertz CT molecular complexity index is 641. The van der Waals surface area contributed by atoms with Crippen molar-refractivity contribution >= 4 is 29.3 Å². The van der Waals surface area contributed by atoms with E-state index in [0.29, 0.717) is 5.69 Å². The molecule has 124 valence electrons. The molecule has 2 aliphatic rings. The molecule has 1 fully saturated rings. The van der Waals surface area contributed by atoms with E-state index in [2.05, 4.69) is 0 Å². The van der Waals surface area contributed by atoms with Crippen LogP contribution in [0.1, 0.15) is 6.42 Å². The number of rotatable bonds is 3. The molecule has 1 N–H and O–H groups in total. The molecule has 0 bridgehead atoms. The molecule has 8 heteroatoms. The van der Waals surface area contributed by atoms with Gasteiger partial charge in [0.05, 0.1) is 30.6 Å². The Morgan fingerprint density at radius 3 is 2.87 bits per heavy atom. The first-order valence-electron chi connectivity index (χ1n) is 7.21. The fourth-order valence-electron chi connectivity index (χ4n) is 2.91. The number of likely N-dealkylation sites (tertiary alicyclic amines) is 1. The highest BCUT2D eigenvalue weighted by atomic mass is 32.2. The third kappa shape index (κ3) is 3.18. The number of para-hydroxylation sites is 1. The van der Waals surface area contributed by atoms with Gasteiger partial charge in [-0.25, -0.2) is 8.78 Å². The van der Waals surface area contributed by atoms with Gasteiger partial charge < -0.3 is 14.9 Å². The van der Waals surface area contributed by atoms with E-state index in [0.717, 1.165) is 9.80 Å². The molecule has 1 unspecified atom stereocenters. The van der Waals surface area contributed by atoms with E-state index in [-0.39, 0.29) is 18.2 Å². The maximum Gasteiger partial charge on any atom is 0.267 e. The van der Waals surface area contributed by atoms with Crippen LogP contribution in [0.2, 0.25) is 0 Å². The molecule has 1 atom stereocenters. The Balaban J connectivity index is 1.79. The number of amides is 2. The van der Waals surface area contributed by atoms with Gasteiger partial charge in [-0.15, -0.1) is 11.8 Å². The zero-order valence-electron chi connectivity index (χ0n) is 12.2. The van der Waals surface area contributed by atoms with Gasteiger partial charge in [-0.2, -0.15) is 0 Å². The highest BCUT2D eigenvalue weighted by Gasteiger charge is 2.47. The summed E-state index contributed by atoms with van der Waals surface area (Å²) in [5, 5.41) is 9.22. The quantitative estimate of drug-likeness (QED) is 0.901. The lowest BCUT2D eigenvalue weighted by atomic mass is 10.2. The summed E-state index contributed by atoms with van der Waals surface area (Å²) >= 11 is 1.39. The zero-order valence-corrected chi connectivity index (χ0v) is 13.1. The van der Waals surface area contributed by atoms with E-state index < -0.39 is 37.4 Å². The van der Waals surface area contributed by atoms with E-state index in [1.807, 2.05) is 12.1 Å². The first kappa shape index (κ1) is 16.2. The average Bonchev–Trinajstić information content (AvgIpc) is 2.85.